The van der Waals surface area contributed by atoms with E-state index in [0.717, 1.165) is 6.42 Å². The number of nitrogens with one attached hydrogen (secondary N) is 2. The Hall–Kier alpha value is -2.14. The molecule has 4 nitrogen and oxygen atoms in total. The number of carbonyl (C=O) groups excluding carboxylic acids is 2. The first kappa shape index (κ1) is 17.2. The molecule has 0 saturated carbocycles. The van der Waals surface area contributed by atoms with E-state index in [9.17, 15) is 9.59 Å². The predicted octanol–water partition coefficient (Wildman–Crippen LogP) is 3.18. The Morgan fingerprint density at radius 2 is 1.87 bits per heavy atom. The molecule has 2 N–H and O–H groups in total. The number of rotatable bonds is 8. The monoisotopic (exact) mass is 330 g/mol. The predicted molar refractivity (Wildman–Crippen MR) is 93.8 cm³/mol. The van der Waals surface area contributed by atoms with Crippen molar-refractivity contribution in [2.75, 3.05) is 13.1 Å². The highest BCUT2D eigenvalue weighted by Crippen LogP contribution is 2.17. The van der Waals surface area contributed by atoms with Crippen LogP contribution in [-0.4, -0.2) is 24.9 Å². The Kier molecular flexibility index (Phi) is 6.81. The van der Waals surface area contributed by atoms with Crippen molar-refractivity contribution in [2.24, 2.45) is 0 Å². The lowest BCUT2D eigenvalue weighted by molar-refractivity contribution is -0.121. The zero-order valence-corrected chi connectivity index (χ0v) is 14.1. The summed E-state index contributed by atoms with van der Waals surface area (Å²) in [7, 11) is 0. The van der Waals surface area contributed by atoms with Crippen molar-refractivity contribution in [3.05, 3.63) is 58.3 Å². The van der Waals surface area contributed by atoms with E-state index in [1.807, 2.05) is 29.6 Å². The van der Waals surface area contributed by atoms with Gasteiger partial charge in [-0.2, -0.15) is 0 Å². The van der Waals surface area contributed by atoms with E-state index in [-0.39, 0.29) is 11.8 Å². The second-order valence-corrected chi connectivity index (χ2v) is 6.25. The summed E-state index contributed by atoms with van der Waals surface area (Å²) in [5.41, 5.74) is 1.24. The SMILES string of the molecule is CCC(CNC(=O)CCNC(=O)c1cccs1)c1ccccc1. The van der Waals surface area contributed by atoms with E-state index in [2.05, 4.69) is 29.7 Å². The fourth-order valence-electron chi connectivity index (χ4n) is 2.33. The lowest BCUT2D eigenvalue weighted by atomic mass is 9.96. The molecule has 1 aromatic carbocycles. The van der Waals surface area contributed by atoms with E-state index in [1.54, 1.807) is 6.07 Å². The van der Waals surface area contributed by atoms with Gasteiger partial charge in [0, 0.05) is 25.4 Å². The van der Waals surface area contributed by atoms with Gasteiger partial charge in [0.1, 0.15) is 0 Å². The molecule has 0 aliphatic heterocycles. The van der Waals surface area contributed by atoms with Crippen LogP contribution in [0.1, 0.15) is 40.9 Å². The first-order chi connectivity index (χ1) is 11.2. The Labute approximate surface area is 140 Å². The molecular weight excluding hydrogens is 308 g/mol. The molecule has 1 unspecified atom stereocenters. The summed E-state index contributed by atoms with van der Waals surface area (Å²) in [6, 6.07) is 13.8. The number of hydrogen-bond acceptors (Lipinski definition) is 3. The van der Waals surface area contributed by atoms with E-state index >= 15 is 0 Å². The van der Waals surface area contributed by atoms with Crippen LogP contribution in [0.2, 0.25) is 0 Å². The van der Waals surface area contributed by atoms with E-state index < -0.39 is 0 Å². The van der Waals surface area contributed by atoms with Gasteiger partial charge in [-0.1, -0.05) is 43.3 Å². The largest absolute Gasteiger partial charge is 0.355 e. The van der Waals surface area contributed by atoms with Crippen LogP contribution >= 0.6 is 11.3 Å². The fraction of sp³-hybridized carbons (Fsp3) is 0.333. The highest BCUT2D eigenvalue weighted by atomic mass is 32.1. The molecule has 0 aliphatic rings. The van der Waals surface area contributed by atoms with Crippen LogP contribution < -0.4 is 10.6 Å². The summed E-state index contributed by atoms with van der Waals surface area (Å²) in [6.45, 7) is 3.09. The van der Waals surface area contributed by atoms with Crippen LogP contribution in [-0.2, 0) is 4.79 Å². The smallest absolute Gasteiger partial charge is 0.261 e. The van der Waals surface area contributed by atoms with Crippen LogP contribution in [0.5, 0.6) is 0 Å². The minimum absolute atomic E-state index is 0.0362. The quantitative estimate of drug-likeness (QED) is 0.781. The Bertz CT molecular complexity index is 611. The number of amides is 2. The molecule has 1 heterocycles. The van der Waals surface area contributed by atoms with Gasteiger partial charge in [-0.15, -0.1) is 11.3 Å². The fourth-order valence-corrected chi connectivity index (χ4v) is 2.97. The van der Waals surface area contributed by atoms with Crippen molar-refractivity contribution < 1.29 is 9.59 Å². The average Bonchev–Trinajstić information content (AvgIpc) is 3.11. The van der Waals surface area contributed by atoms with Crippen LogP contribution in [0, 0.1) is 0 Å². The molecule has 0 aliphatic carbocycles. The normalized spacial score (nSPS) is 11.7. The maximum Gasteiger partial charge on any atom is 0.261 e. The molecule has 2 amide bonds. The Morgan fingerprint density at radius 1 is 1.09 bits per heavy atom. The third kappa shape index (κ3) is 5.53. The Morgan fingerprint density at radius 3 is 2.52 bits per heavy atom. The zero-order chi connectivity index (χ0) is 16.5. The number of thiophene rings is 1. The molecule has 1 atom stereocenters. The van der Waals surface area contributed by atoms with E-state index in [1.165, 1.54) is 16.9 Å². The summed E-state index contributed by atoms with van der Waals surface area (Å²) >= 11 is 1.39. The van der Waals surface area contributed by atoms with Crippen molar-refractivity contribution in [1.29, 1.82) is 0 Å². The molecule has 5 heteroatoms. The highest BCUT2D eigenvalue weighted by molar-refractivity contribution is 7.12. The molecule has 122 valence electrons. The minimum Gasteiger partial charge on any atom is -0.355 e. The second-order valence-electron chi connectivity index (χ2n) is 5.30. The third-order valence-electron chi connectivity index (χ3n) is 3.69. The molecule has 23 heavy (non-hydrogen) atoms. The van der Waals surface area contributed by atoms with E-state index in [0.29, 0.717) is 30.3 Å². The van der Waals surface area contributed by atoms with Crippen LogP contribution in [0.25, 0.3) is 0 Å². The summed E-state index contributed by atoms with van der Waals surface area (Å²) in [5, 5.41) is 7.57. The van der Waals surface area contributed by atoms with Gasteiger partial charge in [-0.3, -0.25) is 9.59 Å². The second kappa shape index (κ2) is 9.10. The first-order valence-electron chi connectivity index (χ1n) is 7.84. The van der Waals surface area contributed by atoms with Gasteiger partial charge in [0.15, 0.2) is 0 Å². The molecule has 0 saturated heterocycles. The standard InChI is InChI=1S/C18H22N2O2S/c1-2-14(15-7-4-3-5-8-15)13-20-17(21)10-11-19-18(22)16-9-6-12-23-16/h3-9,12,14H,2,10-11,13H2,1H3,(H,19,22)(H,20,21). The van der Waals surface area contributed by atoms with Crippen LogP contribution in [0.3, 0.4) is 0 Å². The summed E-state index contributed by atoms with van der Waals surface area (Å²) in [4.78, 5) is 24.3. The van der Waals surface area contributed by atoms with Crippen molar-refractivity contribution >= 4 is 23.2 Å². The van der Waals surface area contributed by atoms with Gasteiger partial charge < -0.3 is 10.6 Å². The number of benzene rings is 1. The minimum atomic E-state index is -0.122. The molecule has 2 rings (SSSR count). The molecular formula is C18H22N2O2S. The number of carbonyl (C=O) groups is 2. The molecule has 0 fully saturated rings. The molecule has 0 spiro atoms. The van der Waals surface area contributed by atoms with Crippen molar-refractivity contribution in [3.63, 3.8) is 0 Å². The molecule has 2 aromatic rings. The average molecular weight is 330 g/mol. The van der Waals surface area contributed by atoms with Crippen molar-refractivity contribution in [2.45, 2.75) is 25.7 Å². The topological polar surface area (TPSA) is 58.2 Å². The third-order valence-corrected chi connectivity index (χ3v) is 4.56. The van der Waals surface area contributed by atoms with E-state index in [4.69, 9.17) is 0 Å². The summed E-state index contributed by atoms with van der Waals surface area (Å²) < 4.78 is 0. The maximum atomic E-state index is 11.9. The van der Waals surface area contributed by atoms with Gasteiger partial charge in [-0.05, 0) is 23.4 Å². The number of hydrogen-bond donors (Lipinski definition) is 2. The zero-order valence-electron chi connectivity index (χ0n) is 13.2. The molecule has 1 aromatic heterocycles. The summed E-state index contributed by atoms with van der Waals surface area (Å²) in [6.07, 6.45) is 1.27. The molecule has 0 radical (unpaired) electrons. The van der Waals surface area contributed by atoms with Gasteiger partial charge in [0.2, 0.25) is 5.91 Å². The van der Waals surface area contributed by atoms with Gasteiger partial charge in [0.05, 0.1) is 4.88 Å². The molecule has 0 bridgehead atoms. The van der Waals surface area contributed by atoms with Gasteiger partial charge in [0.25, 0.3) is 5.91 Å². The van der Waals surface area contributed by atoms with Crippen molar-refractivity contribution in [1.82, 2.24) is 10.6 Å². The summed E-state index contributed by atoms with van der Waals surface area (Å²) in [5.74, 6) is 0.162. The first-order valence-corrected chi connectivity index (χ1v) is 8.72. The van der Waals surface area contributed by atoms with Gasteiger partial charge >= 0.3 is 0 Å². The van der Waals surface area contributed by atoms with Crippen molar-refractivity contribution in [3.8, 4) is 0 Å². The maximum absolute atomic E-state index is 11.9. The highest BCUT2D eigenvalue weighted by Gasteiger charge is 2.11. The van der Waals surface area contributed by atoms with Crippen LogP contribution in [0.4, 0.5) is 0 Å². The Balaban J connectivity index is 1.69. The lowest BCUT2D eigenvalue weighted by Gasteiger charge is -2.16. The lowest BCUT2D eigenvalue weighted by Crippen LogP contribution is -2.32. The van der Waals surface area contributed by atoms with Gasteiger partial charge in [-0.25, -0.2) is 0 Å². The van der Waals surface area contributed by atoms with Crippen LogP contribution in [0.15, 0.2) is 47.8 Å².